The van der Waals surface area contributed by atoms with Crippen LogP contribution in [0.25, 0.3) is 6.08 Å². The topological polar surface area (TPSA) is 46.6 Å². The first-order chi connectivity index (χ1) is 11.7. The lowest BCUT2D eigenvalue weighted by Crippen LogP contribution is -2.23. The Morgan fingerprint density at radius 3 is 2.38 bits per heavy atom. The number of allylic oxidation sites excluding steroid dienone is 1. The molecule has 0 unspecified atom stereocenters. The quantitative estimate of drug-likeness (QED) is 0.623. The summed E-state index contributed by atoms with van der Waals surface area (Å²) in [5, 5.41) is 0. The highest BCUT2D eigenvalue weighted by Gasteiger charge is 2.21. The first-order valence-corrected chi connectivity index (χ1v) is 7.94. The van der Waals surface area contributed by atoms with Gasteiger partial charge in [0.1, 0.15) is 5.75 Å². The number of hydrogen-bond donors (Lipinski definition) is 0. The molecule has 0 bridgehead atoms. The third kappa shape index (κ3) is 3.54. The average molecular weight is 321 g/mol. The number of benzene rings is 2. The van der Waals surface area contributed by atoms with Crippen LogP contribution in [0.2, 0.25) is 0 Å². The molecule has 1 amide bonds. The van der Waals surface area contributed by atoms with Gasteiger partial charge in [-0.3, -0.25) is 9.59 Å². The lowest BCUT2D eigenvalue weighted by Gasteiger charge is -2.15. The maximum Gasteiger partial charge on any atom is 0.227 e. The summed E-state index contributed by atoms with van der Waals surface area (Å²) in [6.45, 7) is 0.753. The zero-order valence-corrected chi connectivity index (χ0v) is 13.6. The SMILES string of the molecule is COc1ccc(/C=C/C(=O)c2ccc(N3CCCC3=O)cc2)cc1. The van der Waals surface area contributed by atoms with E-state index in [9.17, 15) is 9.59 Å². The summed E-state index contributed by atoms with van der Waals surface area (Å²) in [5.74, 6) is 0.865. The fraction of sp³-hybridized carbons (Fsp3) is 0.200. The Morgan fingerprint density at radius 2 is 1.79 bits per heavy atom. The van der Waals surface area contributed by atoms with Crippen LogP contribution in [0.1, 0.15) is 28.8 Å². The van der Waals surface area contributed by atoms with E-state index in [1.165, 1.54) is 0 Å². The Hall–Kier alpha value is -2.88. The van der Waals surface area contributed by atoms with Gasteiger partial charge in [-0.05, 0) is 54.5 Å². The largest absolute Gasteiger partial charge is 0.497 e. The van der Waals surface area contributed by atoms with Gasteiger partial charge in [-0.1, -0.05) is 18.2 Å². The molecule has 0 spiro atoms. The van der Waals surface area contributed by atoms with Crippen LogP contribution in [0.3, 0.4) is 0 Å². The van der Waals surface area contributed by atoms with Crippen LogP contribution in [-0.4, -0.2) is 25.3 Å². The van der Waals surface area contributed by atoms with Gasteiger partial charge >= 0.3 is 0 Å². The summed E-state index contributed by atoms with van der Waals surface area (Å²) in [7, 11) is 1.62. The van der Waals surface area contributed by atoms with Crippen molar-refractivity contribution in [2.24, 2.45) is 0 Å². The molecule has 4 heteroatoms. The van der Waals surface area contributed by atoms with Crippen LogP contribution in [0, 0.1) is 0 Å². The van der Waals surface area contributed by atoms with Crippen molar-refractivity contribution in [2.75, 3.05) is 18.6 Å². The smallest absolute Gasteiger partial charge is 0.227 e. The highest BCUT2D eigenvalue weighted by atomic mass is 16.5. The molecular formula is C20H19NO3. The van der Waals surface area contributed by atoms with Crippen molar-refractivity contribution < 1.29 is 14.3 Å². The Balaban J connectivity index is 1.68. The van der Waals surface area contributed by atoms with Crippen molar-refractivity contribution in [3.05, 3.63) is 65.7 Å². The second kappa shape index (κ2) is 7.13. The van der Waals surface area contributed by atoms with E-state index >= 15 is 0 Å². The highest BCUT2D eigenvalue weighted by molar-refractivity contribution is 6.07. The number of carbonyl (C=O) groups is 2. The van der Waals surface area contributed by atoms with Crippen LogP contribution >= 0.6 is 0 Å². The molecule has 0 saturated carbocycles. The summed E-state index contributed by atoms with van der Waals surface area (Å²) in [6, 6.07) is 14.7. The highest BCUT2D eigenvalue weighted by Crippen LogP contribution is 2.22. The van der Waals surface area contributed by atoms with Gasteiger partial charge < -0.3 is 9.64 Å². The number of amides is 1. The van der Waals surface area contributed by atoms with Crippen LogP contribution < -0.4 is 9.64 Å². The van der Waals surface area contributed by atoms with Gasteiger partial charge in [-0.2, -0.15) is 0 Å². The zero-order valence-electron chi connectivity index (χ0n) is 13.6. The molecule has 1 heterocycles. The maximum atomic E-state index is 12.2. The molecule has 0 aromatic heterocycles. The van der Waals surface area contributed by atoms with Gasteiger partial charge in [0.2, 0.25) is 5.91 Å². The lowest BCUT2D eigenvalue weighted by atomic mass is 10.1. The number of anilines is 1. The fourth-order valence-electron chi connectivity index (χ4n) is 2.71. The Kier molecular flexibility index (Phi) is 4.75. The molecule has 2 aromatic rings. The van der Waals surface area contributed by atoms with Gasteiger partial charge in [-0.25, -0.2) is 0 Å². The van der Waals surface area contributed by atoms with E-state index in [-0.39, 0.29) is 11.7 Å². The van der Waals surface area contributed by atoms with E-state index < -0.39 is 0 Å². The summed E-state index contributed by atoms with van der Waals surface area (Å²) < 4.78 is 5.11. The Morgan fingerprint density at radius 1 is 1.08 bits per heavy atom. The summed E-state index contributed by atoms with van der Waals surface area (Å²) in [6.07, 6.45) is 4.83. The summed E-state index contributed by atoms with van der Waals surface area (Å²) in [5.41, 5.74) is 2.40. The predicted octanol–water partition coefficient (Wildman–Crippen LogP) is 3.72. The standard InChI is InChI=1S/C20H19NO3/c1-24-18-11-4-15(5-12-18)6-13-19(22)16-7-9-17(10-8-16)21-14-2-3-20(21)23/h4-13H,2-3,14H2,1H3/b13-6+. The van der Waals surface area contributed by atoms with Gasteiger partial charge in [0.25, 0.3) is 0 Å². The van der Waals surface area contributed by atoms with Crippen molar-refractivity contribution in [3.63, 3.8) is 0 Å². The van der Waals surface area contributed by atoms with Gasteiger partial charge in [0, 0.05) is 24.2 Å². The minimum atomic E-state index is -0.0647. The monoisotopic (exact) mass is 321 g/mol. The number of rotatable bonds is 5. The second-order valence-electron chi connectivity index (χ2n) is 5.67. The van der Waals surface area contributed by atoms with E-state index in [4.69, 9.17) is 4.74 Å². The van der Waals surface area contributed by atoms with Crippen molar-refractivity contribution in [3.8, 4) is 5.75 Å². The molecule has 24 heavy (non-hydrogen) atoms. The van der Waals surface area contributed by atoms with E-state index in [0.29, 0.717) is 12.0 Å². The average Bonchev–Trinajstić information content (AvgIpc) is 3.06. The van der Waals surface area contributed by atoms with E-state index in [1.54, 1.807) is 36.3 Å². The molecule has 1 fully saturated rings. The molecule has 0 aliphatic carbocycles. The molecule has 122 valence electrons. The summed E-state index contributed by atoms with van der Waals surface area (Å²) in [4.78, 5) is 25.7. The van der Waals surface area contributed by atoms with E-state index in [2.05, 4.69) is 0 Å². The third-order valence-corrected chi connectivity index (χ3v) is 4.08. The number of ether oxygens (including phenoxy) is 1. The molecule has 0 radical (unpaired) electrons. The van der Waals surface area contributed by atoms with Crippen molar-refractivity contribution in [2.45, 2.75) is 12.8 Å². The van der Waals surface area contributed by atoms with Crippen molar-refractivity contribution in [1.82, 2.24) is 0 Å². The second-order valence-corrected chi connectivity index (χ2v) is 5.67. The number of hydrogen-bond acceptors (Lipinski definition) is 3. The molecule has 2 aromatic carbocycles. The zero-order chi connectivity index (χ0) is 16.9. The normalized spacial score (nSPS) is 14.4. The first-order valence-electron chi connectivity index (χ1n) is 7.94. The van der Waals surface area contributed by atoms with Gasteiger partial charge in [-0.15, -0.1) is 0 Å². The van der Waals surface area contributed by atoms with Crippen LogP contribution in [0.5, 0.6) is 5.75 Å². The van der Waals surface area contributed by atoms with Gasteiger partial charge in [0.05, 0.1) is 7.11 Å². The maximum absolute atomic E-state index is 12.2. The molecule has 3 rings (SSSR count). The lowest BCUT2D eigenvalue weighted by molar-refractivity contribution is -0.117. The molecule has 1 saturated heterocycles. The van der Waals surface area contributed by atoms with E-state index in [0.717, 1.165) is 30.0 Å². The van der Waals surface area contributed by atoms with E-state index in [1.807, 2.05) is 36.4 Å². The molecule has 0 N–H and O–H groups in total. The minimum Gasteiger partial charge on any atom is -0.497 e. The fourth-order valence-corrected chi connectivity index (χ4v) is 2.71. The molecular weight excluding hydrogens is 302 g/mol. The molecule has 1 aliphatic rings. The number of ketones is 1. The molecule has 1 aliphatic heterocycles. The predicted molar refractivity (Wildman–Crippen MR) is 94.4 cm³/mol. The van der Waals surface area contributed by atoms with Crippen molar-refractivity contribution in [1.29, 1.82) is 0 Å². The number of nitrogens with zero attached hydrogens (tertiary/aromatic N) is 1. The number of methoxy groups -OCH3 is 1. The Bertz CT molecular complexity index is 760. The van der Waals surface area contributed by atoms with Crippen LogP contribution in [0.4, 0.5) is 5.69 Å². The molecule has 4 nitrogen and oxygen atoms in total. The summed E-state index contributed by atoms with van der Waals surface area (Å²) >= 11 is 0. The van der Waals surface area contributed by atoms with Gasteiger partial charge in [0.15, 0.2) is 5.78 Å². The minimum absolute atomic E-state index is 0.0647. The van der Waals surface area contributed by atoms with Crippen LogP contribution in [-0.2, 0) is 4.79 Å². The van der Waals surface area contributed by atoms with Crippen molar-refractivity contribution >= 4 is 23.5 Å². The molecule has 0 atom stereocenters. The third-order valence-electron chi connectivity index (χ3n) is 4.08. The first kappa shape index (κ1) is 16.0. The Labute approximate surface area is 141 Å². The number of carbonyl (C=O) groups excluding carboxylic acids is 2. The van der Waals surface area contributed by atoms with Crippen LogP contribution in [0.15, 0.2) is 54.6 Å².